The molecule has 0 radical (unpaired) electrons. The fraction of sp³-hybridized carbons (Fsp3) is 0.417. The van der Waals surface area contributed by atoms with Gasteiger partial charge in [0.1, 0.15) is 0 Å². The molecule has 0 aliphatic carbocycles. The third-order valence-electron chi connectivity index (χ3n) is 2.89. The van der Waals surface area contributed by atoms with Crippen molar-refractivity contribution in [2.75, 3.05) is 0 Å². The Hall–Kier alpha value is -1.39. The quantitative estimate of drug-likeness (QED) is 0.608. The predicted molar refractivity (Wildman–Crippen MR) is 65.7 cm³/mol. The first-order valence-electron chi connectivity index (χ1n) is 5.65. The topological polar surface area (TPSA) is 55.9 Å². The zero-order valence-electron chi connectivity index (χ0n) is 9.77. The highest BCUT2D eigenvalue weighted by Crippen LogP contribution is 2.25. The molecule has 2 aromatic rings. The van der Waals surface area contributed by atoms with Gasteiger partial charge in [0.2, 0.25) is 0 Å². The van der Waals surface area contributed by atoms with Crippen LogP contribution in [0.25, 0.3) is 10.9 Å². The first-order valence-corrected chi connectivity index (χ1v) is 5.65. The summed E-state index contributed by atoms with van der Waals surface area (Å²) >= 11 is 0. The minimum atomic E-state index is 0.135. The molecule has 0 saturated heterocycles. The molecule has 4 nitrogen and oxygen atoms in total. The minimum absolute atomic E-state index is 0.135. The van der Waals surface area contributed by atoms with Gasteiger partial charge in [-0.1, -0.05) is 31.5 Å². The van der Waals surface area contributed by atoms with Crippen LogP contribution < -0.4 is 11.3 Å². The molecule has 0 saturated carbocycles. The predicted octanol–water partition coefficient (Wildman–Crippen LogP) is 1.88. The number of fused-ring (bicyclic) bond motifs is 1. The van der Waals surface area contributed by atoms with Crippen molar-refractivity contribution in [1.29, 1.82) is 0 Å². The van der Waals surface area contributed by atoms with Crippen LogP contribution in [0, 0.1) is 0 Å². The van der Waals surface area contributed by atoms with Crippen molar-refractivity contribution >= 4 is 10.9 Å². The third kappa shape index (κ3) is 1.81. The maximum atomic E-state index is 5.59. The van der Waals surface area contributed by atoms with Crippen LogP contribution in [0.4, 0.5) is 0 Å². The van der Waals surface area contributed by atoms with E-state index in [0.29, 0.717) is 0 Å². The summed E-state index contributed by atoms with van der Waals surface area (Å²) in [7, 11) is 1.96. The van der Waals surface area contributed by atoms with Gasteiger partial charge < -0.3 is 0 Å². The molecule has 1 unspecified atom stereocenters. The van der Waals surface area contributed by atoms with E-state index in [0.717, 1.165) is 24.1 Å². The molecule has 0 aliphatic rings. The largest absolute Gasteiger partial charge is 0.271 e. The molecule has 0 spiro atoms. The van der Waals surface area contributed by atoms with Gasteiger partial charge in [-0.15, -0.1) is 0 Å². The van der Waals surface area contributed by atoms with E-state index in [4.69, 9.17) is 5.84 Å². The Morgan fingerprint density at radius 2 is 2.19 bits per heavy atom. The second-order valence-electron chi connectivity index (χ2n) is 4.03. The van der Waals surface area contributed by atoms with E-state index < -0.39 is 0 Å². The summed E-state index contributed by atoms with van der Waals surface area (Å²) in [5.74, 6) is 5.59. The Balaban J connectivity index is 2.51. The zero-order chi connectivity index (χ0) is 11.5. The monoisotopic (exact) mass is 218 g/mol. The number of aromatic nitrogens is 2. The molecule has 2 rings (SSSR count). The van der Waals surface area contributed by atoms with Crippen molar-refractivity contribution < 1.29 is 0 Å². The Bertz CT molecular complexity index is 475. The van der Waals surface area contributed by atoms with E-state index in [-0.39, 0.29) is 6.04 Å². The molecule has 0 aliphatic heterocycles. The van der Waals surface area contributed by atoms with Crippen molar-refractivity contribution in [2.24, 2.45) is 12.9 Å². The van der Waals surface area contributed by atoms with Crippen LogP contribution in [0.2, 0.25) is 0 Å². The average molecular weight is 218 g/mol. The summed E-state index contributed by atoms with van der Waals surface area (Å²) in [5, 5.41) is 5.74. The van der Waals surface area contributed by atoms with Gasteiger partial charge in [-0.25, -0.2) is 0 Å². The molecular weight excluding hydrogens is 200 g/mol. The lowest BCUT2D eigenvalue weighted by Gasteiger charge is -2.12. The zero-order valence-corrected chi connectivity index (χ0v) is 9.77. The molecule has 3 N–H and O–H groups in total. The van der Waals surface area contributed by atoms with Gasteiger partial charge in [-0.05, 0) is 12.5 Å². The lowest BCUT2D eigenvalue weighted by Crippen LogP contribution is -2.28. The summed E-state index contributed by atoms with van der Waals surface area (Å²) in [6.45, 7) is 2.15. The van der Waals surface area contributed by atoms with Crippen LogP contribution in [-0.2, 0) is 7.05 Å². The fourth-order valence-corrected chi connectivity index (χ4v) is 2.09. The van der Waals surface area contributed by atoms with Gasteiger partial charge in [0.05, 0.1) is 17.3 Å². The number of nitrogens with one attached hydrogen (secondary N) is 1. The average Bonchev–Trinajstić information content (AvgIpc) is 2.65. The van der Waals surface area contributed by atoms with Crippen molar-refractivity contribution in [3.63, 3.8) is 0 Å². The summed E-state index contributed by atoms with van der Waals surface area (Å²) in [6, 6.07) is 8.37. The van der Waals surface area contributed by atoms with E-state index in [2.05, 4.69) is 29.6 Å². The first-order chi connectivity index (χ1) is 7.77. The lowest BCUT2D eigenvalue weighted by molar-refractivity contribution is 0.495. The highest BCUT2D eigenvalue weighted by molar-refractivity contribution is 5.82. The van der Waals surface area contributed by atoms with Crippen LogP contribution in [0.3, 0.4) is 0 Å². The van der Waals surface area contributed by atoms with Crippen molar-refractivity contribution in [2.45, 2.75) is 25.8 Å². The van der Waals surface area contributed by atoms with E-state index in [9.17, 15) is 0 Å². The van der Waals surface area contributed by atoms with E-state index in [1.54, 1.807) is 0 Å². The van der Waals surface area contributed by atoms with Crippen molar-refractivity contribution in [3.05, 3.63) is 30.0 Å². The van der Waals surface area contributed by atoms with Crippen LogP contribution in [0.1, 0.15) is 31.5 Å². The molecule has 1 aromatic carbocycles. The SMILES string of the molecule is CCCC(NN)c1nn(C)c2ccccc12. The normalized spacial score (nSPS) is 13.2. The fourth-order valence-electron chi connectivity index (χ4n) is 2.09. The van der Waals surface area contributed by atoms with Gasteiger partial charge in [-0.2, -0.15) is 5.10 Å². The number of para-hydroxylation sites is 1. The van der Waals surface area contributed by atoms with Gasteiger partial charge in [0.15, 0.2) is 0 Å². The van der Waals surface area contributed by atoms with Gasteiger partial charge in [0.25, 0.3) is 0 Å². The maximum Gasteiger partial charge on any atom is 0.0886 e. The maximum absolute atomic E-state index is 5.59. The molecule has 0 fully saturated rings. The number of aryl methyl sites for hydroxylation is 1. The highest BCUT2D eigenvalue weighted by atomic mass is 15.3. The number of nitrogens with zero attached hydrogens (tertiary/aromatic N) is 2. The van der Waals surface area contributed by atoms with Crippen molar-refractivity contribution in [3.8, 4) is 0 Å². The van der Waals surface area contributed by atoms with Gasteiger partial charge in [-0.3, -0.25) is 16.0 Å². The Morgan fingerprint density at radius 1 is 1.44 bits per heavy atom. The number of nitrogens with two attached hydrogens (primary N) is 1. The molecule has 1 heterocycles. The van der Waals surface area contributed by atoms with Crippen LogP contribution in [0.15, 0.2) is 24.3 Å². The number of hydrogen-bond donors (Lipinski definition) is 2. The summed E-state index contributed by atoms with van der Waals surface area (Å²) < 4.78 is 1.91. The Morgan fingerprint density at radius 3 is 2.88 bits per heavy atom. The van der Waals surface area contributed by atoms with E-state index in [1.165, 1.54) is 5.39 Å². The lowest BCUT2D eigenvalue weighted by atomic mass is 10.1. The molecule has 1 aromatic heterocycles. The van der Waals surface area contributed by atoms with E-state index in [1.807, 2.05) is 23.9 Å². The summed E-state index contributed by atoms with van der Waals surface area (Å²) in [6.07, 6.45) is 2.08. The third-order valence-corrected chi connectivity index (χ3v) is 2.89. The molecule has 86 valence electrons. The van der Waals surface area contributed by atoms with E-state index >= 15 is 0 Å². The molecule has 0 amide bonds. The number of hydrogen-bond acceptors (Lipinski definition) is 3. The molecule has 4 heteroatoms. The van der Waals surface area contributed by atoms with Gasteiger partial charge >= 0.3 is 0 Å². The smallest absolute Gasteiger partial charge is 0.0886 e. The molecule has 1 atom stereocenters. The number of benzene rings is 1. The number of rotatable bonds is 4. The second kappa shape index (κ2) is 4.63. The Kier molecular flexibility index (Phi) is 3.22. The van der Waals surface area contributed by atoms with Crippen LogP contribution in [0.5, 0.6) is 0 Å². The summed E-state index contributed by atoms with van der Waals surface area (Å²) in [5.41, 5.74) is 5.04. The van der Waals surface area contributed by atoms with Crippen LogP contribution >= 0.6 is 0 Å². The molecular formula is C12H18N4. The highest BCUT2D eigenvalue weighted by Gasteiger charge is 2.16. The standard InChI is InChI=1S/C12H18N4/c1-3-6-10(14-13)12-9-7-4-5-8-11(9)16(2)15-12/h4-5,7-8,10,14H,3,6,13H2,1-2H3. The van der Waals surface area contributed by atoms with Crippen LogP contribution in [-0.4, -0.2) is 9.78 Å². The van der Waals surface area contributed by atoms with Crippen molar-refractivity contribution in [1.82, 2.24) is 15.2 Å². The Labute approximate surface area is 95.4 Å². The minimum Gasteiger partial charge on any atom is -0.271 e. The summed E-state index contributed by atoms with van der Waals surface area (Å²) in [4.78, 5) is 0. The molecule has 16 heavy (non-hydrogen) atoms. The molecule has 0 bridgehead atoms. The van der Waals surface area contributed by atoms with Gasteiger partial charge in [0, 0.05) is 12.4 Å². The second-order valence-corrected chi connectivity index (χ2v) is 4.03. The number of hydrazine groups is 1. The first kappa shape index (κ1) is 11.1.